The molecule has 0 bridgehead atoms. The van der Waals surface area contributed by atoms with Crippen molar-refractivity contribution in [3.8, 4) is 5.00 Å². The summed E-state index contributed by atoms with van der Waals surface area (Å²) in [6.07, 6.45) is 6.50. The highest BCUT2D eigenvalue weighted by molar-refractivity contribution is 7.15. The Labute approximate surface area is 157 Å². The summed E-state index contributed by atoms with van der Waals surface area (Å²) in [6, 6.07) is 0.146. The molecule has 140 valence electrons. The topological polar surface area (TPSA) is 84.7 Å². The van der Waals surface area contributed by atoms with Crippen molar-refractivity contribution in [2.24, 2.45) is 0 Å². The molecule has 7 nitrogen and oxygen atoms in total. The van der Waals surface area contributed by atoms with Crippen molar-refractivity contribution in [2.45, 2.75) is 76.9 Å². The molecular formula is C18H26N6OS. The first-order valence-electron chi connectivity index (χ1n) is 9.22. The minimum atomic E-state index is -0.00502. The van der Waals surface area contributed by atoms with Crippen LogP contribution in [0.3, 0.4) is 0 Å². The first-order valence-corrected chi connectivity index (χ1v) is 10.0. The average Bonchev–Trinajstić information content (AvgIpc) is 3.19. The van der Waals surface area contributed by atoms with Gasteiger partial charge in [-0.1, -0.05) is 0 Å². The molecule has 1 aliphatic carbocycles. The Hall–Kier alpha value is -1.80. The van der Waals surface area contributed by atoms with Gasteiger partial charge in [-0.2, -0.15) is 4.68 Å². The van der Waals surface area contributed by atoms with E-state index < -0.39 is 0 Å². The predicted molar refractivity (Wildman–Crippen MR) is 101 cm³/mol. The number of piperidine rings is 1. The molecule has 4 rings (SSSR count). The van der Waals surface area contributed by atoms with Gasteiger partial charge in [-0.15, -0.1) is 16.4 Å². The van der Waals surface area contributed by atoms with E-state index in [0.29, 0.717) is 0 Å². The van der Waals surface area contributed by atoms with Gasteiger partial charge >= 0.3 is 0 Å². The minimum absolute atomic E-state index is 0.00502. The number of amides is 1. The van der Waals surface area contributed by atoms with Crippen LogP contribution in [0, 0.1) is 0 Å². The van der Waals surface area contributed by atoms with Gasteiger partial charge in [0.25, 0.3) is 5.91 Å². The SMILES string of the molecule is CC1(C)CC(NC(=O)c2c(-n3cnnn3)sc3c2CCC3)CC(C)(C)N1. The standard InChI is InChI=1S/C18H26N6OS/c1-17(2)8-11(9-18(3,4)21-17)20-15(25)14-12-6-5-7-13(12)26-16(14)24-10-19-22-23-24/h10-11,21H,5-9H2,1-4H3,(H,20,25). The van der Waals surface area contributed by atoms with E-state index in [9.17, 15) is 4.79 Å². The summed E-state index contributed by atoms with van der Waals surface area (Å²) in [5.41, 5.74) is 1.94. The fraction of sp³-hybridized carbons (Fsp3) is 0.667. The van der Waals surface area contributed by atoms with Crippen LogP contribution in [0.5, 0.6) is 0 Å². The lowest BCUT2D eigenvalue weighted by Crippen LogP contribution is -2.62. The number of rotatable bonds is 3. The third-order valence-electron chi connectivity index (χ3n) is 5.21. The summed E-state index contributed by atoms with van der Waals surface area (Å²) >= 11 is 1.64. The maximum absolute atomic E-state index is 13.3. The molecule has 0 saturated carbocycles. The molecule has 0 unspecified atom stereocenters. The summed E-state index contributed by atoms with van der Waals surface area (Å²) in [5, 5.41) is 19.3. The summed E-state index contributed by atoms with van der Waals surface area (Å²) in [4.78, 5) is 14.6. The molecule has 2 aromatic heterocycles. The lowest BCUT2D eigenvalue weighted by Gasteiger charge is -2.46. The number of tetrazole rings is 1. The van der Waals surface area contributed by atoms with E-state index in [1.807, 2.05) is 0 Å². The Kier molecular flexibility index (Phi) is 4.15. The maximum atomic E-state index is 13.3. The van der Waals surface area contributed by atoms with Gasteiger partial charge in [0.15, 0.2) is 0 Å². The van der Waals surface area contributed by atoms with Crippen molar-refractivity contribution >= 4 is 17.2 Å². The number of nitrogens with one attached hydrogen (secondary N) is 2. The van der Waals surface area contributed by atoms with Gasteiger partial charge in [-0.05, 0) is 75.8 Å². The number of hydrogen-bond donors (Lipinski definition) is 2. The van der Waals surface area contributed by atoms with Crippen LogP contribution in [0.1, 0.15) is 67.8 Å². The quantitative estimate of drug-likeness (QED) is 0.861. The van der Waals surface area contributed by atoms with Crippen LogP contribution in [0.15, 0.2) is 6.33 Å². The lowest BCUT2D eigenvalue weighted by molar-refractivity contribution is 0.0872. The number of carbonyl (C=O) groups excluding carboxylic acids is 1. The van der Waals surface area contributed by atoms with Crippen LogP contribution in [-0.2, 0) is 12.8 Å². The monoisotopic (exact) mass is 374 g/mol. The number of thiophene rings is 1. The van der Waals surface area contributed by atoms with Crippen molar-refractivity contribution in [3.63, 3.8) is 0 Å². The van der Waals surface area contributed by atoms with Gasteiger partial charge in [0.2, 0.25) is 0 Å². The van der Waals surface area contributed by atoms with Crippen molar-refractivity contribution in [1.82, 2.24) is 30.8 Å². The number of aromatic nitrogens is 4. The van der Waals surface area contributed by atoms with Crippen LogP contribution in [-0.4, -0.2) is 43.2 Å². The van der Waals surface area contributed by atoms with E-state index >= 15 is 0 Å². The zero-order valence-electron chi connectivity index (χ0n) is 15.8. The third-order valence-corrected chi connectivity index (χ3v) is 6.49. The second kappa shape index (κ2) is 6.13. The first-order chi connectivity index (χ1) is 12.2. The number of fused-ring (bicyclic) bond motifs is 1. The van der Waals surface area contributed by atoms with Crippen LogP contribution in [0.25, 0.3) is 5.00 Å². The molecule has 2 aromatic rings. The highest BCUT2D eigenvalue weighted by Gasteiger charge is 2.39. The van der Waals surface area contributed by atoms with Crippen molar-refractivity contribution < 1.29 is 4.79 Å². The third kappa shape index (κ3) is 3.27. The molecule has 0 atom stereocenters. The van der Waals surface area contributed by atoms with E-state index in [-0.39, 0.29) is 23.0 Å². The molecule has 1 fully saturated rings. The number of hydrogen-bond acceptors (Lipinski definition) is 6. The second-order valence-electron chi connectivity index (χ2n) is 8.76. The molecule has 0 radical (unpaired) electrons. The summed E-state index contributed by atoms with van der Waals surface area (Å²) in [5.74, 6) is 0.00778. The molecule has 26 heavy (non-hydrogen) atoms. The van der Waals surface area contributed by atoms with Gasteiger partial charge in [0.1, 0.15) is 11.3 Å². The van der Waals surface area contributed by atoms with Crippen molar-refractivity contribution in [3.05, 3.63) is 22.3 Å². The number of nitrogens with zero attached hydrogens (tertiary/aromatic N) is 4. The maximum Gasteiger partial charge on any atom is 0.254 e. The lowest BCUT2D eigenvalue weighted by atomic mass is 9.79. The Morgan fingerprint density at radius 1 is 1.27 bits per heavy atom. The molecule has 1 saturated heterocycles. The molecule has 8 heteroatoms. The highest BCUT2D eigenvalue weighted by Crippen LogP contribution is 2.38. The number of aryl methyl sites for hydroxylation is 1. The fourth-order valence-electron chi connectivity index (χ4n) is 4.72. The van der Waals surface area contributed by atoms with E-state index in [1.165, 1.54) is 10.4 Å². The van der Waals surface area contributed by atoms with E-state index in [1.54, 1.807) is 22.3 Å². The Morgan fingerprint density at radius 3 is 2.65 bits per heavy atom. The summed E-state index contributed by atoms with van der Waals surface area (Å²) < 4.78 is 1.62. The average molecular weight is 375 g/mol. The van der Waals surface area contributed by atoms with Gasteiger partial charge in [0.05, 0.1) is 5.56 Å². The molecule has 2 aliphatic rings. The minimum Gasteiger partial charge on any atom is -0.349 e. The Morgan fingerprint density at radius 2 is 2.00 bits per heavy atom. The van der Waals surface area contributed by atoms with Gasteiger partial charge in [-0.25, -0.2) is 0 Å². The highest BCUT2D eigenvalue weighted by atomic mass is 32.1. The van der Waals surface area contributed by atoms with Gasteiger partial charge < -0.3 is 10.6 Å². The van der Waals surface area contributed by atoms with Gasteiger partial charge in [-0.3, -0.25) is 4.79 Å². The van der Waals surface area contributed by atoms with E-state index in [4.69, 9.17) is 0 Å². The van der Waals surface area contributed by atoms with E-state index in [0.717, 1.165) is 42.7 Å². The summed E-state index contributed by atoms with van der Waals surface area (Å²) in [7, 11) is 0. The van der Waals surface area contributed by atoms with Crippen LogP contribution in [0.4, 0.5) is 0 Å². The Bertz CT molecular complexity index is 807. The largest absolute Gasteiger partial charge is 0.349 e. The van der Waals surface area contributed by atoms with Crippen molar-refractivity contribution in [2.75, 3.05) is 0 Å². The molecule has 2 N–H and O–H groups in total. The first kappa shape index (κ1) is 17.6. The normalized spacial score (nSPS) is 21.5. The van der Waals surface area contributed by atoms with Crippen LogP contribution < -0.4 is 10.6 Å². The smallest absolute Gasteiger partial charge is 0.254 e. The molecular weight excluding hydrogens is 348 g/mol. The number of carbonyl (C=O) groups is 1. The van der Waals surface area contributed by atoms with Crippen LogP contribution in [0.2, 0.25) is 0 Å². The zero-order valence-corrected chi connectivity index (χ0v) is 16.6. The fourth-order valence-corrected chi connectivity index (χ4v) is 6.02. The Balaban J connectivity index is 1.63. The van der Waals surface area contributed by atoms with Crippen molar-refractivity contribution in [1.29, 1.82) is 0 Å². The molecule has 1 aliphatic heterocycles. The summed E-state index contributed by atoms with van der Waals surface area (Å²) in [6.45, 7) is 8.79. The van der Waals surface area contributed by atoms with Crippen LogP contribution >= 0.6 is 11.3 Å². The molecule has 3 heterocycles. The van der Waals surface area contributed by atoms with Gasteiger partial charge in [0, 0.05) is 22.0 Å². The second-order valence-corrected chi connectivity index (χ2v) is 9.85. The zero-order chi connectivity index (χ0) is 18.5. The molecule has 0 aromatic carbocycles. The molecule has 0 spiro atoms. The van der Waals surface area contributed by atoms with E-state index in [2.05, 4.69) is 53.9 Å². The predicted octanol–water partition coefficient (Wildman–Crippen LogP) is 2.25. The molecule has 1 amide bonds.